The number of hydrogen-bond donors (Lipinski definition) is 1. The summed E-state index contributed by atoms with van der Waals surface area (Å²) in [7, 11) is 0. The van der Waals surface area contributed by atoms with Gasteiger partial charge in [-0.05, 0) is 31.8 Å². The topological polar surface area (TPSA) is 46.5 Å². The second-order valence-electron chi connectivity index (χ2n) is 4.22. The summed E-state index contributed by atoms with van der Waals surface area (Å²) in [6, 6.07) is 0. The Morgan fingerprint density at radius 1 is 1.50 bits per heavy atom. The molecule has 0 unspecified atom stereocenters. The van der Waals surface area contributed by atoms with Crippen molar-refractivity contribution in [2.24, 2.45) is 5.92 Å². The zero-order chi connectivity index (χ0) is 10.1. The van der Waals surface area contributed by atoms with Gasteiger partial charge in [0.15, 0.2) is 0 Å². The van der Waals surface area contributed by atoms with E-state index < -0.39 is 6.10 Å². The number of carbonyl (C=O) groups excluding carboxylic acids is 1. The SMILES string of the molecule is C[C@H]1C=C([C@@H](O)C2CCCC2)C(=O)O1. The Morgan fingerprint density at radius 2 is 2.14 bits per heavy atom. The van der Waals surface area contributed by atoms with E-state index in [9.17, 15) is 9.90 Å². The molecule has 3 heteroatoms. The van der Waals surface area contributed by atoms with Gasteiger partial charge in [-0.3, -0.25) is 0 Å². The molecule has 1 aliphatic heterocycles. The lowest BCUT2D eigenvalue weighted by Crippen LogP contribution is -2.23. The van der Waals surface area contributed by atoms with Crippen LogP contribution >= 0.6 is 0 Å². The molecule has 1 N–H and O–H groups in total. The van der Waals surface area contributed by atoms with Crippen molar-refractivity contribution in [1.29, 1.82) is 0 Å². The summed E-state index contributed by atoms with van der Waals surface area (Å²) >= 11 is 0. The molecule has 0 bridgehead atoms. The Hall–Kier alpha value is -0.830. The van der Waals surface area contributed by atoms with Crippen molar-refractivity contribution in [1.82, 2.24) is 0 Å². The van der Waals surface area contributed by atoms with E-state index in [1.54, 1.807) is 6.08 Å². The average Bonchev–Trinajstić information content (AvgIpc) is 2.73. The minimum Gasteiger partial charge on any atom is -0.455 e. The average molecular weight is 196 g/mol. The van der Waals surface area contributed by atoms with Crippen molar-refractivity contribution < 1.29 is 14.6 Å². The molecule has 0 aromatic carbocycles. The maximum Gasteiger partial charge on any atom is 0.337 e. The molecule has 0 spiro atoms. The molecule has 78 valence electrons. The zero-order valence-electron chi connectivity index (χ0n) is 8.40. The van der Waals surface area contributed by atoms with Crippen molar-refractivity contribution in [2.45, 2.75) is 44.8 Å². The van der Waals surface area contributed by atoms with Gasteiger partial charge in [-0.25, -0.2) is 4.79 Å². The zero-order valence-corrected chi connectivity index (χ0v) is 8.40. The molecule has 1 heterocycles. The van der Waals surface area contributed by atoms with E-state index in [2.05, 4.69) is 0 Å². The maximum atomic E-state index is 11.3. The summed E-state index contributed by atoms with van der Waals surface area (Å²) in [6.45, 7) is 1.81. The summed E-state index contributed by atoms with van der Waals surface area (Å²) in [5, 5.41) is 9.97. The van der Waals surface area contributed by atoms with Gasteiger partial charge < -0.3 is 9.84 Å². The van der Waals surface area contributed by atoms with E-state index in [0.717, 1.165) is 12.8 Å². The molecule has 14 heavy (non-hydrogen) atoms. The molecule has 2 atom stereocenters. The molecule has 0 radical (unpaired) electrons. The molecular weight excluding hydrogens is 180 g/mol. The molecule has 0 aromatic heterocycles. The Balaban J connectivity index is 2.06. The normalized spacial score (nSPS) is 30.3. The first kappa shape index (κ1) is 9.71. The summed E-state index contributed by atoms with van der Waals surface area (Å²) < 4.78 is 4.96. The molecule has 1 saturated carbocycles. The third-order valence-electron chi connectivity index (χ3n) is 3.11. The number of aliphatic hydroxyl groups is 1. The molecular formula is C11H16O3. The number of aliphatic hydroxyl groups excluding tert-OH is 1. The molecule has 0 saturated heterocycles. The predicted molar refractivity (Wildman–Crippen MR) is 51.6 cm³/mol. The van der Waals surface area contributed by atoms with Crippen LogP contribution in [0.2, 0.25) is 0 Å². The monoisotopic (exact) mass is 196 g/mol. The van der Waals surface area contributed by atoms with Crippen LogP contribution in [0, 0.1) is 5.92 Å². The summed E-state index contributed by atoms with van der Waals surface area (Å²) in [5.74, 6) is -0.0731. The lowest BCUT2D eigenvalue weighted by Gasteiger charge is -2.16. The fourth-order valence-electron chi connectivity index (χ4n) is 2.34. The fourth-order valence-corrected chi connectivity index (χ4v) is 2.34. The van der Waals surface area contributed by atoms with E-state index in [1.807, 2.05) is 6.92 Å². The van der Waals surface area contributed by atoms with Crippen molar-refractivity contribution in [3.63, 3.8) is 0 Å². The quantitative estimate of drug-likeness (QED) is 0.679. The van der Waals surface area contributed by atoms with Gasteiger partial charge in [0, 0.05) is 0 Å². The molecule has 1 fully saturated rings. The summed E-state index contributed by atoms with van der Waals surface area (Å²) in [5.41, 5.74) is 0.476. The Labute approximate surface area is 83.8 Å². The van der Waals surface area contributed by atoms with Gasteiger partial charge >= 0.3 is 5.97 Å². The van der Waals surface area contributed by atoms with Crippen molar-refractivity contribution in [2.75, 3.05) is 0 Å². The highest BCUT2D eigenvalue weighted by atomic mass is 16.5. The lowest BCUT2D eigenvalue weighted by atomic mass is 9.94. The molecule has 1 aliphatic carbocycles. The largest absolute Gasteiger partial charge is 0.455 e. The molecule has 0 aromatic rings. The highest BCUT2D eigenvalue weighted by molar-refractivity contribution is 5.92. The smallest absolute Gasteiger partial charge is 0.337 e. The number of carbonyl (C=O) groups is 1. The van der Waals surface area contributed by atoms with Crippen molar-refractivity contribution >= 4 is 5.97 Å². The lowest BCUT2D eigenvalue weighted by molar-refractivity contribution is -0.140. The minimum atomic E-state index is -0.602. The number of hydrogen-bond acceptors (Lipinski definition) is 3. The Kier molecular flexibility index (Phi) is 2.59. The molecule has 3 nitrogen and oxygen atoms in total. The Bertz CT molecular complexity index is 264. The second kappa shape index (κ2) is 3.73. The van der Waals surface area contributed by atoms with E-state index >= 15 is 0 Å². The van der Waals surface area contributed by atoms with E-state index in [-0.39, 0.29) is 18.0 Å². The third-order valence-corrected chi connectivity index (χ3v) is 3.11. The number of cyclic esters (lactones) is 1. The first-order chi connectivity index (χ1) is 6.68. The molecule has 0 amide bonds. The van der Waals surface area contributed by atoms with Crippen molar-refractivity contribution in [3.05, 3.63) is 11.6 Å². The minimum absolute atomic E-state index is 0.173. The van der Waals surface area contributed by atoms with Crippen LogP contribution in [0.4, 0.5) is 0 Å². The molecule has 2 rings (SSSR count). The van der Waals surface area contributed by atoms with E-state index in [1.165, 1.54) is 12.8 Å². The number of rotatable bonds is 2. The fraction of sp³-hybridized carbons (Fsp3) is 0.727. The van der Waals surface area contributed by atoms with Gasteiger partial charge in [-0.2, -0.15) is 0 Å². The maximum absolute atomic E-state index is 11.3. The van der Waals surface area contributed by atoms with Gasteiger partial charge in [0.05, 0.1) is 11.7 Å². The van der Waals surface area contributed by atoms with Crippen LogP contribution < -0.4 is 0 Å². The highest BCUT2D eigenvalue weighted by Gasteiger charge is 2.34. The van der Waals surface area contributed by atoms with Crippen LogP contribution in [0.3, 0.4) is 0 Å². The van der Waals surface area contributed by atoms with Gasteiger partial charge in [0.1, 0.15) is 6.10 Å². The van der Waals surface area contributed by atoms with Gasteiger partial charge in [0.25, 0.3) is 0 Å². The first-order valence-electron chi connectivity index (χ1n) is 5.29. The van der Waals surface area contributed by atoms with Crippen LogP contribution in [0.15, 0.2) is 11.6 Å². The van der Waals surface area contributed by atoms with Crippen LogP contribution in [0.1, 0.15) is 32.6 Å². The van der Waals surface area contributed by atoms with E-state index in [0.29, 0.717) is 5.57 Å². The number of ether oxygens (including phenoxy) is 1. The van der Waals surface area contributed by atoms with Gasteiger partial charge in [-0.1, -0.05) is 12.8 Å². The standard InChI is InChI=1S/C11H16O3/c1-7-6-9(11(13)14-7)10(12)8-4-2-3-5-8/h6-8,10,12H,2-5H2,1H3/t7-,10-/m0/s1. The predicted octanol–water partition coefficient (Wildman–Crippen LogP) is 1.41. The van der Waals surface area contributed by atoms with Crippen LogP contribution in [0.25, 0.3) is 0 Å². The first-order valence-corrected chi connectivity index (χ1v) is 5.29. The third kappa shape index (κ3) is 1.69. The summed E-state index contributed by atoms with van der Waals surface area (Å²) in [4.78, 5) is 11.3. The van der Waals surface area contributed by atoms with Crippen LogP contribution in [0.5, 0.6) is 0 Å². The van der Waals surface area contributed by atoms with Crippen LogP contribution in [-0.4, -0.2) is 23.3 Å². The highest BCUT2D eigenvalue weighted by Crippen LogP contribution is 2.32. The number of esters is 1. The molecule has 2 aliphatic rings. The van der Waals surface area contributed by atoms with E-state index in [4.69, 9.17) is 4.74 Å². The van der Waals surface area contributed by atoms with Crippen molar-refractivity contribution in [3.8, 4) is 0 Å². The Morgan fingerprint density at radius 3 is 2.64 bits per heavy atom. The summed E-state index contributed by atoms with van der Waals surface area (Å²) in [6.07, 6.45) is 5.36. The second-order valence-corrected chi connectivity index (χ2v) is 4.22. The van der Waals surface area contributed by atoms with Gasteiger partial charge in [-0.15, -0.1) is 0 Å². The van der Waals surface area contributed by atoms with Gasteiger partial charge in [0.2, 0.25) is 0 Å². The van der Waals surface area contributed by atoms with Crippen LogP contribution in [-0.2, 0) is 9.53 Å².